The van der Waals surface area contributed by atoms with Crippen LogP contribution in [0.25, 0.3) is 0 Å². The van der Waals surface area contributed by atoms with Crippen molar-refractivity contribution in [3.63, 3.8) is 0 Å². The smallest absolute Gasteiger partial charge is 0.338 e. The van der Waals surface area contributed by atoms with Crippen molar-refractivity contribution in [3.8, 4) is 0 Å². The number of ether oxygens (including phenoxy) is 2. The van der Waals surface area contributed by atoms with Crippen LogP contribution in [0.3, 0.4) is 0 Å². The van der Waals surface area contributed by atoms with Gasteiger partial charge >= 0.3 is 5.97 Å². The highest BCUT2D eigenvalue weighted by Crippen LogP contribution is 2.15. The first-order chi connectivity index (χ1) is 7.65. The summed E-state index contributed by atoms with van der Waals surface area (Å²) in [6.07, 6.45) is 0.614. The lowest BCUT2D eigenvalue weighted by molar-refractivity contribution is 0.0270. The minimum atomic E-state index is -0.372. The minimum absolute atomic E-state index is 0.139. The summed E-state index contributed by atoms with van der Waals surface area (Å²) in [5, 5.41) is 0.301. The molecule has 1 aliphatic heterocycles. The van der Waals surface area contributed by atoms with Crippen LogP contribution in [0, 0.1) is 6.92 Å². The van der Waals surface area contributed by atoms with E-state index in [2.05, 4.69) is 4.98 Å². The second-order valence-electron chi connectivity index (χ2n) is 3.71. The van der Waals surface area contributed by atoms with Gasteiger partial charge in [-0.2, -0.15) is 0 Å². The van der Waals surface area contributed by atoms with Crippen LogP contribution in [0.1, 0.15) is 22.5 Å². The van der Waals surface area contributed by atoms with E-state index in [0.717, 1.165) is 6.42 Å². The number of aryl methyl sites for hydroxylation is 1. The first-order valence-electron chi connectivity index (χ1n) is 5.08. The number of esters is 1. The maximum Gasteiger partial charge on any atom is 0.338 e. The van der Waals surface area contributed by atoms with Gasteiger partial charge in [0.25, 0.3) is 0 Å². The highest BCUT2D eigenvalue weighted by molar-refractivity contribution is 6.29. The molecule has 0 bridgehead atoms. The number of hydrogen-bond acceptors (Lipinski definition) is 4. The zero-order valence-corrected chi connectivity index (χ0v) is 9.66. The lowest BCUT2D eigenvalue weighted by Gasteiger charge is -2.10. The molecule has 0 aliphatic carbocycles. The van der Waals surface area contributed by atoms with E-state index in [1.807, 2.05) is 0 Å². The standard InChI is InChI=1S/C11H12ClNO3/c1-7-4-8(5-10(12)13-7)11(14)16-9-2-3-15-6-9/h4-5,9H,2-3,6H2,1H3. The Labute approximate surface area is 98.5 Å². The molecule has 1 aromatic rings. The molecule has 1 aliphatic rings. The Hall–Kier alpha value is -1.13. The largest absolute Gasteiger partial charge is 0.456 e. The summed E-state index contributed by atoms with van der Waals surface area (Å²) in [5.74, 6) is -0.372. The number of rotatable bonds is 2. The molecule has 1 unspecified atom stereocenters. The number of halogens is 1. The molecule has 1 atom stereocenters. The molecule has 2 heterocycles. The summed E-state index contributed by atoms with van der Waals surface area (Å²) >= 11 is 5.77. The molecule has 2 rings (SSSR count). The molecule has 86 valence electrons. The summed E-state index contributed by atoms with van der Waals surface area (Å²) in [4.78, 5) is 15.7. The van der Waals surface area contributed by atoms with Crippen LogP contribution in [-0.4, -0.2) is 30.3 Å². The predicted octanol–water partition coefficient (Wildman–Crippen LogP) is 1.99. The van der Waals surface area contributed by atoms with Gasteiger partial charge in [0.1, 0.15) is 11.3 Å². The fourth-order valence-electron chi connectivity index (χ4n) is 1.57. The van der Waals surface area contributed by atoms with Gasteiger partial charge in [-0.15, -0.1) is 0 Å². The van der Waals surface area contributed by atoms with Gasteiger partial charge in [-0.1, -0.05) is 11.6 Å². The number of carbonyl (C=O) groups is 1. The molecular weight excluding hydrogens is 230 g/mol. The average molecular weight is 242 g/mol. The Morgan fingerprint density at radius 1 is 1.62 bits per heavy atom. The van der Waals surface area contributed by atoms with E-state index in [1.54, 1.807) is 13.0 Å². The van der Waals surface area contributed by atoms with E-state index in [1.165, 1.54) is 6.07 Å². The normalized spacial score (nSPS) is 19.8. The summed E-state index contributed by atoms with van der Waals surface area (Å²) in [6.45, 7) is 2.90. The van der Waals surface area contributed by atoms with Gasteiger partial charge in [0.2, 0.25) is 0 Å². The maximum absolute atomic E-state index is 11.7. The van der Waals surface area contributed by atoms with Crippen LogP contribution in [0.5, 0.6) is 0 Å². The minimum Gasteiger partial charge on any atom is -0.456 e. The molecule has 1 fully saturated rings. The monoisotopic (exact) mass is 241 g/mol. The number of pyridine rings is 1. The van der Waals surface area contributed by atoms with Crippen molar-refractivity contribution in [1.29, 1.82) is 0 Å². The fourth-order valence-corrected chi connectivity index (χ4v) is 1.82. The number of nitrogens with zero attached hydrogens (tertiary/aromatic N) is 1. The molecule has 5 heteroatoms. The van der Waals surface area contributed by atoms with E-state index >= 15 is 0 Å². The van der Waals surface area contributed by atoms with Crippen LogP contribution in [0.2, 0.25) is 5.15 Å². The molecule has 0 radical (unpaired) electrons. The Kier molecular flexibility index (Phi) is 3.41. The Morgan fingerprint density at radius 3 is 3.06 bits per heavy atom. The molecule has 1 aromatic heterocycles. The van der Waals surface area contributed by atoms with Gasteiger partial charge in [-0.3, -0.25) is 0 Å². The number of aromatic nitrogens is 1. The zero-order valence-electron chi connectivity index (χ0n) is 8.90. The number of hydrogen-bond donors (Lipinski definition) is 0. The molecule has 16 heavy (non-hydrogen) atoms. The van der Waals surface area contributed by atoms with Crippen LogP contribution in [0.4, 0.5) is 0 Å². The summed E-state index contributed by atoms with van der Waals surface area (Å²) in [7, 11) is 0. The maximum atomic E-state index is 11.7. The van der Waals surface area contributed by atoms with Crippen molar-refractivity contribution >= 4 is 17.6 Å². The predicted molar refractivity (Wildman–Crippen MR) is 58.6 cm³/mol. The highest BCUT2D eigenvalue weighted by Gasteiger charge is 2.21. The zero-order chi connectivity index (χ0) is 11.5. The van der Waals surface area contributed by atoms with Crippen LogP contribution in [-0.2, 0) is 9.47 Å². The molecule has 0 saturated carbocycles. The molecule has 0 amide bonds. The van der Waals surface area contributed by atoms with Crippen molar-refractivity contribution in [3.05, 3.63) is 28.5 Å². The third-order valence-corrected chi connectivity index (χ3v) is 2.51. The van der Waals surface area contributed by atoms with Crippen molar-refractivity contribution in [2.24, 2.45) is 0 Å². The average Bonchev–Trinajstić information content (AvgIpc) is 2.68. The Morgan fingerprint density at radius 2 is 2.44 bits per heavy atom. The van der Waals surface area contributed by atoms with E-state index in [-0.39, 0.29) is 12.1 Å². The van der Waals surface area contributed by atoms with Gasteiger partial charge < -0.3 is 9.47 Å². The second-order valence-corrected chi connectivity index (χ2v) is 4.10. The lowest BCUT2D eigenvalue weighted by atomic mass is 10.2. The summed E-state index contributed by atoms with van der Waals surface area (Å²) < 4.78 is 10.4. The summed E-state index contributed by atoms with van der Waals surface area (Å²) in [5.41, 5.74) is 1.13. The third-order valence-electron chi connectivity index (χ3n) is 2.32. The van der Waals surface area contributed by atoms with E-state index in [0.29, 0.717) is 29.6 Å². The summed E-state index contributed by atoms with van der Waals surface area (Å²) in [6, 6.07) is 3.16. The van der Waals surface area contributed by atoms with Gasteiger partial charge in [0.15, 0.2) is 0 Å². The first-order valence-corrected chi connectivity index (χ1v) is 5.46. The van der Waals surface area contributed by atoms with Crippen molar-refractivity contribution in [2.75, 3.05) is 13.2 Å². The van der Waals surface area contributed by atoms with E-state index in [9.17, 15) is 4.79 Å². The van der Waals surface area contributed by atoms with Gasteiger partial charge in [0.05, 0.1) is 18.8 Å². The van der Waals surface area contributed by atoms with Gasteiger partial charge in [0, 0.05) is 12.1 Å². The van der Waals surface area contributed by atoms with Gasteiger partial charge in [-0.05, 0) is 19.1 Å². The van der Waals surface area contributed by atoms with Crippen LogP contribution in [0.15, 0.2) is 12.1 Å². The van der Waals surface area contributed by atoms with E-state index < -0.39 is 0 Å². The Balaban J connectivity index is 2.07. The fraction of sp³-hybridized carbons (Fsp3) is 0.455. The molecule has 0 aromatic carbocycles. The molecule has 4 nitrogen and oxygen atoms in total. The quantitative estimate of drug-likeness (QED) is 0.587. The van der Waals surface area contributed by atoms with Crippen molar-refractivity contribution < 1.29 is 14.3 Å². The van der Waals surface area contributed by atoms with E-state index in [4.69, 9.17) is 21.1 Å². The van der Waals surface area contributed by atoms with Crippen molar-refractivity contribution in [1.82, 2.24) is 4.98 Å². The molecular formula is C11H12ClNO3. The molecule has 0 spiro atoms. The highest BCUT2D eigenvalue weighted by atomic mass is 35.5. The SMILES string of the molecule is Cc1cc(C(=O)OC2CCOC2)cc(Cl)n1. The van der Waals surface area contributed by atoms with Crippen molar-refractivity contribution in [2.45, 2.75) is 19.4 Å². The van der Waals surface area contributed by atoms with Crippen LogP contribution >= 0.6 is 11.6 Å². The Bertz CT molecular complexity index is 382. The topological polar surface area (TPSA) is 48.4 Å². The van der Waals surface area contributed by atoms with Crippen LogP contribution < -0.4 is 0 Å². The molecule has 0 N–H and O–H groups in total. The third kappa shape index (κ3) is 2.71. The van der Waals surface area contributed by atoms with Gasteiger partial charge in [-0.25, -0.2) is 9.78 Å². The second kappa shape index (κ2) is 4.80. The lowest BCUT2D eigenvalue weighted by Crippen LogP contribution is -2.18. The molecule has 1 saturated heterocycles. The number of carbonyl (C=O) groups excluding carboxylic acids is 1. The first kappa shape index (κ1) is 11.4.